The minimum Gasteiger partial charge on any atom is -0.480 e. The van der Waals surface area contributed by atoms with E-state index in [2.05, 4.69) is 97.4 Å². The summed E-state index contributed by atoms with van der Waals surface area (Å²) in [5.74, 6) is -7.07. The number of imidazole rings is 1. The monoisotopic (exact) mass is 1240 g/mol. The number of amides is 7. The quantitative estimate of drug-likeness (QED) is 0.0155. The predicted octanol–water partition coefficient (Wildman–Crippen LogP) is -0.202. The number of aliphatic imine (C=N–C) groups is 1. The number of benzene rings is 2. The molecule has 1 aliphatic heterocycles. The van der Waals surface area contributed by atoms with Crippen molar-refractivity contribution in [2.75, 3.05) is 32.4 Å². The molecule has 73 heavy (non-hydrogen) atoms. The first kappa shape index (κ1) is 59.5. The number of carbonyl (C=O) groups excluding carboxylic acids is 7. The topological polar surface area (TPSA) is 363 Å². The molecular weight excluding hydrogens is 1170 g/mol. The number of nitrogens with zero attached hydrogens (tertiary/aromatic N) is 3. The van der Waals surface area contributed by atoms with E-state index in [1.54, 1.807) is 77.2 Å². The maximum atomic E-state index is 14.6. The van der Waals surface area contributed by atoms with E-state index < -0.39 is 101 Å². The van der Waals surface area contributed by atoms with Crippen LogP contribution in [0.3, 0.4) is 0 Å². The summed E-state index contributed by atoms with van der Waals surface area (Å²) in [4.78, 5) is 123. The number of aliphatic carboxylic acids is 1. The zero-order chi connectivity index (χ0) is 53.9. The fourth-order valence-electron chi connectivity index (χ4n) is 8.12. The van der Waals surface area contributed by atoms with Crippen molar-refractivity contribution >= 4 is 104 Å². The van der Waals surface area contributed by atoms with E-state index in [1.807, 2.05) is 0 Å². The van der Waals surface area contributed by atoms with Crippen LogP contribution in [0, 0.1) is 19.0 Å². The number of anilines is 1. The van der Waals surface area contributed by atoms with Crippen LogP contribution in [-0.2, 0) is 57.6 Å². The van der Waals surface area contributed by atoms with Crippen LogP contribution < -0.4 is 54.4 Å². The Bertz CT molecular complexity index is 2400. The van der Waals surface area contributed by atoms with Crippen molar-refractivity contribution in [3.63, 3.8) is 0 Å². The van der Waals surface area contributed by atoms with Gasteiger partial charge in [-0.05, 0) is 113 Å². The van der Waals surface area contributed by atoms with Crippen molar-refractivity contribution < 1.29 is 43.5 Å². The molecule has 23 nitrogen and oxygen atoms in total. The molecule has 25 heteroatoms. The first-order valence-electron chi connectivity index (χ1n) is 23.9. The highest BCUT2D eigenvalue weighted by molar-refractivity contribution is 14.1. The van der Waals surface area contributed by atoms with E-state index >= 15 is 0 Å². The lowest BCUT2D eigenvalue weighted by Gasteiger charge is -2.31. The summed E-state index contributed by atoms with van der Waals surface area (Å²) in [7, 11) is 1.57. The zero-order valence-electron chi connectivity index (χ0n) is 41.5. The van der Waals surface area contributed by atoms with Gasteiger partial charge >= 0.3 is 5.97 Å². The number of likely N-dealkylation sites (N-methyl/N-ethyl adjacent to an activating group) is 1. The molecule has 398 valence electrons. The molecule has 2 heterocycles. The number of nitrogens with one attached hydrogen (secondary N) is 8. The Morgan fingerprint density at radius 1 is 0.781 bits per heavy atom. The van der Waals surface area contributed by atoms with Crippen LogP contribution in [0.15, 0.2) is 60.0 Å². The Morgan fingerprint density at radius 3 is 1.92 bits per heavy atom. The number of aromatic amines is 1. The van der Waals surface area contributed by atoms with Crippen molar-refractivity contribution in [1.29, 1.82) is 0 Å². The second-order valence-corrected chi connectivity index (χ2v) is 20.7. The molecule has 4 rings (SSSR count). The Balaban J connectivity index is 1.59. The van der Waals surface area contributed by atoms with Crippen LogP contribution in [0.4, 0.5) is 5.69 Å². The second-order valence-electron chi connectivity index (χ2n) is 18.4. The summed E-state index contributed by atoms with van der Waals surface area (Å²) in [6.45, 7) is 7.05. The van der Waals surface area contributed by atoms with Crippen molar-refractivity contribution in [2.45, 2.75) is 115 Å². The van der Waals surface area contributed by atoms with Crippen LogP contribution in [-0.4, -0.2) is 142 Å². The molecule has 0 saturated carbocycles. The van der Waals surface area contributed by atoms with Crippen molar-refractivity contribution in [3.8, 4) is 0 Å². The number of likely N-dealkylation sites (tertiary alicyclic amines) is 1. The Hall–Kier alpha value is -6.10. The third-order valence-electron chi connectivity index (χ3n) is 12.0. The normalized spacial score (nSPS) is 15.7. The van der Waals surface area contributed by atoms with E-state index in [4.69, 9.17) is 17.2 Å². The van der Waals surface area contributed by atoms with Gasteiger partial charge in [0.25, 0.3) is 0 Å². The number of hydrogen-bond acceptors (Lipinski definition) is 12. The van der Waals surface area contributed by atoms with E-state index in [-0.39, 0.29) is 57.7 Å². The van der Waals surface area contributed by atoms with Gasteiger partial charge in [0.05, 0.1) is 18.6 Å². The third kappa shape index (κ3) is 18.4. The lowest BCUT2D eigenvalue weighted by atomic mass is 9.98. The van der Waals surface area contributed by atoms with Crippen molar-refractivity contribution in [2.24, 2.45) is 28.3 Å². The number of aromatic nitrogens is 2. The van der Waals surface area contributed by atoms with Gasteiger partial charge in [0.15, 0.2) is 5.96 Å². The van der Waals surface area contributed by atoms with Crippen LogP contribution in [0.1, 0.15) is 70.2 Å². The smallest absolute Gasteiger partial charge is 0.326 e. The summed E-state index contributed by atoms with van der Waals surface area (Å²) in [6.07, 6.45) is 3.90. The highest BCUT2D eigenvalue weighted by atomic mass is 127. The summed E-state index contributed by atoms with van der Waals surface area (Å²) in [5.41, 5.74) is 19.5. The molecule has 15 N–H and O–H groups in total. The minimum atomic E-state index is -1.33. The molecular formula is C48H68I2N14O9. The summed E-state index contributed by atoms with van der Waals surface area (Å²) < 4.78 is 1.39. The minimum absolute atomic E-state index is 0.0177. The van der Waals surface area contributed by atoms with Crippen LogP contribution in [0.2, 0.25) is 0 Å². The molecule has 0 spiro atoms. The van der Waals surface area contributed by atoms with Gasteiger partial charge in [-0.1, -0.05) is 58.0 Å². The fourth-order valence-corrected chi connectivity index (χ4v) is 10.0. The lowest BCUT2D eigenvalue weighted by Crippen LogP contribution is -2.61. The number of carboxylic acids is 1. The SMILES string of the molecule is CNCC(=O)N[C@@H](CCCN=C(N)N)C(=O)N[C@H](C(=O)N[C@@H](Cc1cc(I)c(N)c(I)c1)C(=O)N[C@H](C(=O)N[C@@H](Cc1cnc[nH]1)C(=O)N1CCC[C@@H]1C(=O)N[C@@H](Cc1ccccc1)C(=O)O)C(C)C)C(C)C. The molecule has 0 bridgehead atoms. The number of guanidine groups is 1. The Morgan fingerprint density at radius 2 is 1.37 bits per heavy atom. The van der Waals surface area contributed by atoms with Crippen LogP contribution in [0.5, 0.6) is 0 Å². The maximum absolute atomic E-state index is 14.6. The van der Waals surface area contributed by atoms with Gasteiger partial charge in [-0.2, -0.15) is 0 Å². The van der Waals surface area contributed by atoms with Crippen molar-refractivity contribution in [1.82, 2.24) is 52.1 Å². The van der Waals surface area contributed by atoms with Gasteiger partial charge in [-0.3, -0.25) is 38.6 Å². The number of H-pyrrole nitrogens is 1. The zero-order valence-corrected chi connectivity index (χ0v) is 45.8. The van der Waals surface area contributed by atoms with Crippen LogP contribution in [0.25, 0.3) is 0 Å². The molecule has 1 aromatic heterocycles. The van der Waals surface area contributed by atoms with E-state index in [0.717, 1.165) is 0 Å². The summed E-state index contributed by atoms with van der Waals surface area (Å²) in [6, 6.07) is 3.89. The van der Waals surface area contributed by atoms with Gasteiger partial charge in [0, 0.05) is 51.4 Å². The highest BCUT2D eigenvalue weighted by Gasteiger charge is 2.41. The number of rotatable bonds is 27. The molecule has 0 aliphatic carbocycles. The second kappa shape index (κ2) is 29.0. The number of nitrogen functional groups attached to an aromatic ring is 1. The lowest BCUT2D eigenvalue weighted by molar-refractivity contribution is -0.145. The first-order valence-corrected chi connectivity index (χ1v) is 26.0. The fraction of sp³-hybridized carbons (Fsp3) is 0.500. The number of carbonyl (C=O) groups is 8. The van der Waals surface area contributed by atoms with Crippen LogP contribution >= 0.6 is 45.2 Å². The van der Waals surface area contributed by atoms with Gasteiger partial charge < -0.3 is 69.4 Å². The summed E-state index contributed by atoms with van der Waals surface area (Å²) in [5, 5.41) is 29.2. The van der Waals surface area contributed by atoms with E-state index in [1.165, 1.54) is 17.4 Å². The molecule has 2 aromatic carbocycles. The molecule has 7 amide bonds. The van der Waals surface area contributed by atoms with Gasteiger partial charge in [0.1, 0.15) is 42.3 Å². The molecule has 3 aromatic rings. The molecule has 1 saturated heterocycles. The van der Waals surface area contributed by atoms with Gasteiger partial charge in [-0.15, -0.1) is 0 Å². The maximum Gasteiger partial charge on any atom is 0.326 e. The van der Waals surface area contributed by atoms with Gasteiger partial charge in [0.2, 0.25) is 41.4 Å². The molecule has 0 radical (unpaired) electrons. The van der Waals surface area contributed by atoms with E-state index in [9.17, 15) is 43.5 Å². The first-order chi connectivity index (χ1) is 34.6. The van der Waals surface area contributed by atoms with Crippen molar-refractivity contribution in [3.05, 3.63) is 78.9 Å². The Labute approximate surface area is 451 Å². The Kier molecular flexibility index (Phi) is 23.6. The third-order valence-corrected chi connectivity index (χ3v) is 13.8. The van der Waals surface area contributed by atoms with E-state index in [0.29, 0.717) is 42.5 Å². The van der Waals surface area contributed by atoms with Gasteiger partial charge in [-0.25, -0.2) is 9.78 Å². The predicted molar refractivity (Wildman–Crippen MR) is 290 cm³/mol. The number of carboxylic acid groups (broad SMARTS) is 1. The average molecular weight is 1240 g/mol. The molecule has 7 atom stereocenters. The number of nitrogens with two attached hydrogens (primary N) is 3. The number of halogens is 2. The molecule has 1 fully saturated rings. The number of hydrogen-bond donors (Lipinski definition) is 12. The highest BCUT2D eigenvalue weighted by Crippen LogP contribution is 2.25. The average Bonchev–Trinajstić information content (AvgIpc) is 4.05. The molecule has 0 unspecified atom stereocenters. The standard InChI is InChI=1S/C48H68I2N14O9/c1-25(2)39(62-41(66)32(58-37(65)23-54-5)13-9-15-56-48(52)53)44(69)59-33(20-28-17-30(49)38(51)31(50)18-28)42(67)63-40(26(3)4)45(70)60-34(21-29-22-55-24-57-29)46(71)64-16-10-14-36(64)43(68)61-35(47(72)73)19-27-11-7-6-8-12-27/h6-8,11-12,17-18,22,24-26,32-36,39-40,54H,9-10,13-16,19-21,23,51H2,1-5H3,(H,55,57)(H,58,65)(H,59,69)(H,60,70)(H,61,68)(H,62,66)(H,63,67)(H,72,73)(H4,52,53,56)/t32-,33-,34-,35-,36+,39-,40-/m0/s1. The largest absolute Gasteiger partial charge is 0.480 e. The summed E-state index contributed by atoms with van der Waals surface area (Å²) >= 11 is 4.14. The molecule has 1 aliphatic rings.